The van der Waals surface area contributed by atoms with Gasteiger partial charge in [-0.05, 0) is 25.4 Å². The summed E-state index contributed by atoms with van der Waals surface area (Å²) in [4.78, 5) is 31.2. The predicted octanol–water partition coefficient (Wildman–Crippen LogP) is 2.11. The van der Waals surface area contributed by atoms with Gasteiger partial charge in [-0.2, -0.15) is 4.37 Å². The van der Waals surface area contributed by atoms with Crippen LogP contribution in [0.5, 0.6) is 0 Å². The van der Waals surface area contributed by atoms with Crippen LogP contribution in [0.4, 0.5) is 0 Å². The molecule has 3 aromatic rings. The normalized spacial score (nSPS) is 11.1. The predicted molar refractivity (Wildman–Crippen MR) is 90.5 cm³/mol. The lowest BCUT2D eigenvalue weighted by Gasteiger charge is -2.07. The van der Waals surface area contributed by atoms with E-state index in [0.29, 0.717) is 21.7 Å². The first-order valence-corrected chi connectivity index (χ1v) is 8.05. The van der Waals surface area contributed by atoms with Gasteiger partial charge in [0.2, 0.25) is 5.91 Å². The number of nitrogens with one attached hydrogen (secondary N) is 2. The maximum absolute atomic E-state index is 12.2. The highest BCUT2D eigenvalue weighted by molar-refractivity contribution is 7.13. The van der Waals surface area contributed by atoms with Crippen LogP contribution < -0.4 is 10.9 Å². The molecule has 0 fully saturated rings. The number of carbonyl (C=O) groups excluding carboxylic acids is 1. The Labute approximate surface area is 136 Å². The van der Waals surface area contributed by atoms with Crippen LogP contribution >= 0.6 is 11.5 Å². The summed E-state index contributed by atoms with van der Waals surface area (Å²) in [6, 6.07) is 9.61. The van der Waals surface area contributed by atoms with Crippen molar-refractivity contribution in [2.75, 3.05) is 0 Å². The minimum Gasteiger partial charge on any atom is -0.354 e. The Hall–Kier alpha value is -2.54. The van der Waals surface area contributed by atoms with Gasteiger partial charge in [-0.15, -0.1) is 0 Å². The van der Waals surface area contributed by atoms with E-state index in [-0.39, 0.29) is 23.9 Å². The summed E-state index contributed by atoms with van der Waals surface area (Å²) in [5.74, 6) is 0.171. The van der Waals surface area contributed by atoms with Crippen molar-refractivity contribution in [1.82, 2.24) is 19.7 Å². The van der Waals surface area contributed by atoms with E-state index in [2.05, 4.69) is 19.7 Å². The van der Waals surface area contributed by atoms with Crippen LogP contribution in [0.3, 0.4) is 0 Å². The fourth-order valence-electron chi connectivity index (χ4n) is 2.28. The maximum Gasteiger partial charge on any atom is 0.270 e. The number of hydrogen-bond donors (Lipinski definition) is 2. The lowest BCUT2D eigenvalue weighted by atomic mass is 10.1. The molecule has 2 N–H and O–H groups in total. The average molecular weight is 328 g/mol. The number of amides is 1. The summed E-state index contributed by atoms with van der Waals surface area (Å²) in [6.07, 6.45) is 0.0352. The largest absolute Gasteiger partial charge is 0.354 e. The molecule has 1 aromatic carbocycles. The summed E-state index contributed by atoms with van der Waals surface area (Å²) < 4.78 is 4.82. The van der Waals surface area contributed by atoms with E-state index in [0.717, 1.165) is 17.1 Å². The lowest BCUT2D eigenvalue weighted by molar-refractivity contribution is -0.121. The van der Waals surface area contributed by atoms with Gasteiger partial charge < -0.3 is 10.3 Å². The highest BCUT2D eigenvalue weighted by Crippen LogP contribution is 2.27. The van der Waals surface area contributed by atoms with E-state index in [1.807, 2.05) is 44.2 Å². The third kappa shape index (κ3) is 3.29. The van der Waals surface area contributed by atoms with Crippen molar-refractivity contribution in [3.63, 3.8) is 0 Å². The van der Waals surface area contributed by atoms with Crippen molar-refractivity contribution in [2.24, 2.45) is 0 Å². The summed E-state index contributed by atoms with van der Waals surface area (Å²) >= 11 is 1.12. The van der Waals surface area contributed by atoms with Gasteiger partial charge >= 0.3 is 0 Å². The molecule has 118 valence electrons. The van der Waals surface area contributed by atoms with Gasteiger partial charge in [0.15, 0.2) is 0 Å². The molecule has 0 aliphatic heterocycles. The summed E-state index contributed by atoms with van der Waals surface area (Å²) in [5.41, 5.74) is 1.84. The Kier molecular flexibility index (Phi) is 4.20. The molecule has 0 atom stereocenters. The van der Waals surface area contributed by atoms with Crippen LogP contribution in [-0.2, 0) is 11.2 Å². The molecule has 0 radical (unpaired) electrons. The van der Waals surface area contributed by atoms with Gasteiger partial charge in [0.05, 0.1) is 6.42 Å². The number of nitrogens with zero attached hydrogens (tertiary/aromatic N) is 2. The topological polar surface area (TPSA) is 87.7 Å². The molecule has 2 aromatic heterocycles. The molecule has 23 heavy (non-hydrogen) atoms. The molecule has 0 aliphatic carbocycles. The van der Waals surface area contributed by atoms with E-state index < -0.39 is 0 Å². The molecular weight excluding hydrogens is 312 g/mol. The second-order valence-electron chi connectivity index (χ2n) is 5.49. The van der Waals surface area contributed by atoms with Crippen molar-refractivity contribution < 1.29 is 4.79 Å². The zero-order valence-corrected chi connectivity index (χ0v) is 13.6. The van der Waals surface area contributed by atoms with Crippen LogP contribution in [0, 0.1) is 0 Å². The molecule has 0 spiro atoms. The number of hydrogen-bond acceptors (Lipinski definition) is 5. The molecule has 7 heteroatoms. The first-order chi connectivity index (χ1) is 11.0. The van der Waals surface area contributed by atoms with Gasteiger partial charge in [0.25, 0.3) is 5.56 Å². The minimum atomic E-state index is -0.262. The van der Waals surface area contributed by atoms with E-state index >= 15 is 0 Å². The minimum absolute atomic E-state index is 0.0352. The first-order valence-electron chi connectivity index (χ1n) is 7.28. The summed E-state index contributed by atoms with van der Waals surface area (Å²) in [7, 11) is 0. The molecule has 3 rings (SSSR count). The number of aromatic nitrogens is 3. The number of benzene rings is 1. The van der Waals surface area contributed by atoms with Gasteiger partial charge in [0, 0.05) is 11.6 Å². The van der Waals surface area contributed by atoms with Crippen LogP contribution in [0.1, 0.15) is 19.7 Å². The molecule has 2 heterocycles. The highest BCUT2D eigenvalue weighted by Gasteiger charge is 2.15. The van der Waals surface area contributed by atoms with Crippen molar-refractivity contribution in [1.29, 1.82) is 0 Å². The monoisotopic (exact) mass is 328 g/mol. The smallest absolute Gasteiger partial charge is 0.270 e. The van der Waals surface area contributed by atoms with Crippen LogP contribution in [0.25, 0.3) is 21.5 Å². The molecule has 0 saturated heterocycles. The Morgan fingerprint density at radius 2 is 2.04 bits per heavy atom. The fourth-order valence-corrected chi connectivity index (χ4v) is 3.02. The van der Waals surface area contributed by atoms with E-state index in [4.69, 9.17) is 0 Å². The highest BCUT2D eigenvalue weighted by atomic mass is 32.1. The van der Waals surface area contributed by atoms with Gasteiger partial charge in [-0.3, -0.25) is 9.59 Å². The van der Waals surface area contributed by atoms with Crippen molar-refractivity contribution in [2.45, 2.75) is 26.3 Å². The van der Waals surface area contributed by atoms with Gasteiger partial charge in [0.1, 0.15) is 21.7 Å². The molecule has 0 saturated carbocycles. The van der Waals surface area contributed by atoms with Crippen molar-refractivity contribution >= 4 is 27.7 Å². The van der Waals surface area contributed by atoms with Crippen LogP contribution in [-0.4, -0.2) is 26.3 Å². The van der Waals surface area contributed by atoms with Crippen LogP contribution in [0.2, 0.25) is 0 Å². The molecule has 0 bridgehead atoms. The quantitative estimate of drug-likeness (QED) is 0.768. The number of carbonyl (C=O) groups is 1. The standard InChI is InChI=1S/C16H16N4O2S/c1-9(2)17-12(21)8-11-18-14-13(10-6-4-3-5-7-10)20-23-15(14)16(22)19-11/h3-7,9H,8H2,1-2H3,(H,17,21)(H,18,19,22). The molecule has 1 amide bonds. The fraction of sp³-hybridized carbons (Fsp3) is 0.250. The number of rotatable bonds is 4. The second kappa shape index (κ2) is 6.29. The average Bonchev–Trinajstić information content (AvgIpc) is 2.91. The first kappa shape index (κ1) is 15.4. The molecule has 6 nitrogen and oxygen atoms in total. The third-order valence-corrected chi connectivity index (χ3v) is 4.04. The Morgan fingerprint density at radius 1 is 1.30 bits per heavy atom. The van der Waals surface area contributed by atoms with E-state index in [1.165, 1.54) is 0 Å². The molecular formula is C16H16N4O2S. The van der Waals surface area contributed by atoms with Crippen molar-refractivity contribution in [3.8, 4) is 11.3 Å². The zero-order valence-electron chi connectivity index (χ0n) is 12.8. The number of H-pyrrole nitrogens is 1. The van der Waals surface area contributed by atoms with Gasteiger partial charge in [-0.25, -0.2) is 4.98 Å². The van der Waals surface area contributed by atoms with E-state index in [9.17, 15) is 9.59 Å². The number of fused-ring (bicyclic) bond motifs is 1. The molecule has 0 aliphatic rings. The third-order valence-electron chi connectivity index (χ3n) is 3.20. The van der Waals surface area contributed by atoms with Crippen LogP contribution in [0.15, 0.2) is 35.1 Å². The van der Waals surface area contributed by atoms with Crippen molar-refractivity contribution in [3.05, 3.63) is 46.5 Å². The maximum atomic E-state index is 12.2. The lowest BCUT2D eigenvalue weighted by Crippen LogP contribution is -2.32. The zero-order chi connectivity index (χ0) is 16.4. The number of aromatic amines is 1. The van der Waals surface area contributed by atoms with E-state index in [1.54, 1.807) is 0 Å². The Balaban J connectivity index is 2.03. The Morgan fingerprint density at radius 3 is 2.74 bits per heavy atom. The molecule has 0 unspecified atom stereocenters. The summed E-state index contributed by atoms with van der Waals surface area (Å²) in [6.45, 7) is 3.77. The van der Waals surface area contributed by atoms with Gasteiger partial charge in [-0.1, -0.05) is 30.3 Å². The summed E-state index contributed by atoms with van der Waals surface area (Å²) in [5, 5.41) is 2.78. The second-order valence-corrected chi connectivity index (χ2v) is 6.26. The Bertz CT molecular complexity index is 899. The SMILES string of the molecule is CC(C)NC(=O)Cc1nc2c(-c3ccccc3)nsc2c(=O)[nH]1.